The maximum Gasteiger partial charge on any atom is 0.256 e. The van der Waals surface area contributed by atoms with Gasteiger partial charge in [-0.15, -0.1) is 0 Å². The maximum atomic E-state index is 14.7. The van der Waals surface area contributed by atoms with Gasteiger partial charge in [0.25, 0.3) is 5.91 Å². The van der Waals surface area contributed by atoms with Gasteiger partial charge in [0.05, 0.1) is 16.6 Å². The third kappa shape index (κ3) is 5.84. The monoisotopic (exact) mass is 665 g/mol. The normalized spacial score (nSPS) is 23.0. The number of carbonyl (C=O) groups is 1. The molecule has 3 aromatic carbocycles. The van der Waals surface area contributed by atoms with E-state index in [0.29, 0.717) is 43.1 Å². The van der Waals surface area contributed by atoms with E-state index in [1.54, 1.807) is 12.1 Å². The molecule has 4 heterocycles. The second-order valence-corrected chi connectivity index (χ2v) is 14.9. The fraction of sp³-hybridized carbons (Fsp3) is 0.429. The summed E-state index contributed by atoms with van der Waals surface area (Å²) >= 11 is 0. The third-order valence-electron chi connectivity index (χ3n) is 10.8. The van der Waals surface area contributed by atoms with Crippen molar-refractivity contribution < 1.29 is 26.4 Å². The van der Waals surface area contributed by atoms with Crippen LogP contribution in [0.3, 0.4) is 0 Å². The van der Waals surface area contributed by atoms with Crippen LogP contribution in [0.15, 0.2) is 65.6 Å². The van der Waals surface area contributed by atoms with Gasteiger partial charge in [0.2, 0.25) is 10.0 Å². The summed E-state index contributed by atoms with van der Waals surface area (Å²) in [4.78, 5) is 21.4. The summed E-state index contributed by atoms with van der Waals surface area (Å²) < 4.78 is 69.5. The lowest BCUT2D eigenvalue weighted by Crippen LogP contribution is -2.49. The van der Waals surface area contributed by atoms with Crippen molar-refractivity contribution in [3.05, 3.63) is 95.1 Å². The quantitative estimate of drug-likeness (QED) is 0.267. The van der Waals surface area contributed by atoms with Crippen molar-refractivity contribution in [1.29, 1.82) is 0 Å². The third-order valence-corrected chi connectivity index (χ3v) is 11.8. The number of imidazole rings is 1. The van der Waals surface area contributed by atoms with Gasteiger partial charge in [-0.05, 0) is 99.7 Å². The Morgan fingerprint density at radius 3 is 2.32 bits per heavy atom. The number of aromatic nitrogens is 2. The zero-order valence-corrected chi connectivity index (χ0v) is 27.0. The molecule has 1 aromatic heterocycles. The Hall–Kier alpha value is -3.74. The topological polar surface area (TPSA) is 102 Å². The average Bonchev–Trinajstić information content (AvgIpc) is 3.49. The summed E-state index contributed by atoms with van der Waals surface area (Å²) in [5.74, 6) is -2.52. The molecule has 7 rings (SSSR count). The molecule has 1 amide bonds. The molecule has 4 aromatic rings. The Labute approximate surface area is 272 Å². The van der Waals surface area contributed by atoms with Gasteiger partial charge in [0.1, 0.15) is 28.2 Å². The highest BCUT2D eigenvalue weighted by molar-refractivity contribution is 7.89. The van der Waals surface area contributed by atoms with Crippen molar-refractivity contribution in [1.82, 2.24) is 19.4 Å². The van der Waals surface area contributed by atoms with Crippen LogP contribution in [-0.2, 0) is 15.4 Å². The van der Waals surface area contributed by atoms with E-state index in [-0.39, 0.29) is 18.9 Å². The van der Waals surface area contributed by atoms with Crippen molar-refractivity contribution in [2.24, 2.45) is 5.14 Å². The Morgan fingerprint density at radius 2 is 1.64 bits per heavy atom. The Bertz CT molecular complexity index is 1940. The Kier molecular flexibility index (Phi) is 8.16. The van der Waals surface area contributed by atoms with Crippen molar-refractivity contribution in [3.63, 3.8) is 0 Å². The van der Waals surface area contributed by atoms with Gasteiger partial charge in [-0.1, -0.05) is 24.3 Å². The zero-order chi connectivity index (χ0) is 33.1. The number of likely N-dealkylation sites (tertiary alicyclic amines) is 1. The fourth-order valence-electron chi connectivity index (χ4n) is 8.51. The number of carbonyl (C=O) groups excluding carboxylic acids is 1. The summed E-state index contributed by atoms with van der Waals surface area (Å²) in [6, 6.07) is 17.2. The highest BCUT2D eigenvalue weighted by atomic mass is 32.2. The van der Waals surface area contributed by atoms with Crippen LogP contribution in [-0.4, -0.2) is 65.4 Å². The van der Waals surface area contributed by atoms with Crippen molar-refractivity contribution in [2.45, 2.75) is 80.3 Å². The molecule has 2 N–H and O–H groups in total. The average molecular weight is 666 g/mol. The van der Waals surface area contributed by atoms with E-state index in [1.807, 2.05) is 12.1 Å². The molecule has 3 atom stereocenters. The lowest BCUT2D eigenvalue weighted by Gasteiger charge is -2.45. The van der Waals surface area contributed by atoms with Gasteiger partial charge in [0, 0.05) is 37.3 Å². The number of amides is 1. The molecule has 3 fully saturated rings. The van der Waals surface area contributed by atoms with Gasteiger partial charge in [-0.3, -0.25) is 9.69 Å². The first-order valence-electron chi connectivity index (χ1n) is 16.2. The highest BCUT2D eigenvalue weighted by Crippen LogP contribution is 2.45. The summed E-state index contributed by atoms with van der Waals surface area (Å²) in [5.41, 5.74) is 2.11. The molecule has 0 spiro atoms. The molecule has 0 radical (unpaired) electrons. The number of hydrogen-bond donors (Lipinski definition) is 1. The predicted molar refractivity (Wildman–Crippen MR) is 172 cm³/mol. The second-order valence-electron chi connectivity index (χ2n) is 13.4. The molecule has 248 valence electrons. The first-order valence-corrected chi connectivity index (χ1v) is 17.7. The van der Waals surface area contributed by atoms with E-state index in [9.17, 15) is 26.4 Å². The van der Waals surface area contributed by atoms with Crippen molar-refractivity contribution in [2.75, 3.05) is 19.6 Å². The van der Waals surface area contributed by atoms with Crippen LogP contribution in [0.1, 0.15) is 72.7 Å². The lowest BCUT2D eigenvalue weighted by atomic mass is 9.70. The zero-order valence-electron chi connectivity index (χ0n) is 26.2. The second kappa shape index (κ2) is 12.1. The first kappa shape index (κ1) is 31.8. The number of sulfonamides is 1. The van der Waals surface area contributed by atoms with Crippen LogP contribution in [0, 0.1) is 24.4 Å². The number of aryl methyl sites for hydroxylation is 1. The van der Waals surface area contributed by atoms with E-state index in [1.165, 1.54) is 16.5 Å². The number of nitrogens with two attached hydrogens (primary N) is 1. The molecular formula is C35H38F3N5O3S. The lowest BCUT2D eigenvalue weighted by molar-refractivity contribution is 0.0602. The molecule has 0 unspecified atom stereocenters. The number of hydrogen-bond acceptors (Lipinski definition) is 5. The van der Waals surface area contributed by atoms with Crippen molar-refractivity contribution >= 4 is 27.0 Å². The molecule has 47 heavy (non-hydrogen) atoms. The van der Waals surface area contributed by atoms with E-state index >= 15 is 0 Å². The van der Waals surface area contributed by atoms with Gasteiger partial charge < -0.3 is 9.47 Å². The van der Waals surface area contributed by atoms with Gasteiger partial charge in [0.15, 0.2) is 0 Å². The number of primary sulfonamides is 1. The van der Waals surface area contributed by atoms with Crippen LogP contribution in [0.5, 0.6) is 0 Å². The maximum absolute atomic E-state index is 14.7. The molecule has 3 saturated heterocycles. The minimum absolute atomic E-state index is 0.249. The summed E-state index contributed by atoms with van der Waals surface area (Å²) in [6.07, 6.45) is 6.13. The van der Waals surface area contributed by atoms with Crippen LogP contribution >= 0.6 is 0 Å². The molecule has 0 saturated carbocycles. The van der Waals surface area contributed by atoms with E-state index in [2.05, 4.69) is 34.6 Å². The minimum atomic E-state index is -4.50. The molecule has 3 aliphatic heterocycles. The van der Waals surface area contributed by atoms with E-state index < -0.39 is 43.4 Å². The fourth-order valence-corrected chi connectivity index (χ4v) is 9.12. The molecule has 3 aliphatic rings. The number of nitrogens with zero attached hydrogens (tertiary/aromatic N) is 4. The van der Waals surface area contributed by atoms with Gasteiger partial charge >= 0.3 is 0 Å². The van der Waals surface area contributed by atoms with Gasteiger partial charge in [-0.25, -0.2) is 31.7 Å². The minimum Gasteiger partial charge on any atom is -0.338 e. The van der Waals surface area contributed by atoms with E-state index in [0.717, 1.165) is 55.6 Å². The predicted octanol–water partition coefficient (Wildman–Crippen LogP) is 5.84. The SMILES string of the molecule is Cc1nc2ccccc2n1[C@H]1C[C@H]2CC[C@@H](C1)N2CCC1(c2cccc(F)c2)CCN(C(=O)c2cc(S(N)(=O)=O)c(F)cc2F)CC1. The van der Waals surface area contributed by atoms with E-state index in [4.69, 9.17) is 10.1 Å². The van der Waals surface area contributed by atoms with Crippen LogP contribution in [0.2, 0.25) is 0 Å². The molecule has 0 aliphatic carbocycles. The summed E-state index contributed by atoms with van der Waals surface area (Å²) in [5, 5.41) is 5.09. The van der Waals surface area contributed by atoms with Crippen LogP contribution in [0.4, 0.5) is 13.2 Å². The number of piperidine rings is 2. The first-order chi connectivity index (χ1) is 22.4. The molecule has 12 heteroatoms. The molecule has 2 bridgehead atoms. The molecule has 8 nitrogen and oxygen atoms in total. The number of para-hydroxylation sites is 2. The molecular weight excluding hydrogens is 627 g/mol. The largest absolute Gasteiger partial charge is 0.338 e. The van der Waals surface area contributed by atoms with Crippen molar-refractivity contribution in [3.8, 4) is 0 Å². The summed E-state index contributed by atoms with van der Waals surface area (Å²) in [6.45, 7) is 3.41. The smallest absolute Gasteiger partial charge is 0.256 e. The standard InChI is InChI=1S/C35H38F3N5O3S/c1-22-40-31-7-2-3-8-32(31)43(22)27-18-25-9-10-26(19-27)42(25)16-13-35(23-5-4-6-24(36)17-23)11-14-41(15-12-35)34(44)28-20-33(47(39,45)46)30(38)21-29(28)37/h2-8,17,20-21,25-27H,9-16,18-19H2,1H3,(H2,39,45,46)/t25-,26+,27+. The Morgan fingerprint density at radius 1 is 0.936 bits per heavy atom. The number of rotatable bonds is 7. The number of fused-ring (bicyclic) bond motifs is 3. The number of benzene rings is 3. The Balaban J connectivity index is 1.09. The number of halogens is 3. The van der Waals surface area contributed by atoms with Gasteiger partial charge in [-0.2, -0.15) is 0 Å². The van der Waals surface area contributed by atoms with Crippen LogP contribution < -0.4 is 5.14 Å². The summed E-state index contributed by atoms with van der Waals surface area (Å²) in [7, 11) is -4.50. The van der Waals surface area contributed by atoms with Crippen LogP contribution in [0.25, 0.3) is 11.0 Å². The highest BCUT2D eigenvalue weighted by Gasteiger charge is 2.44.